The van der Waals surface area contributed by atoms with Gasteiger partial charge < -0.3 is 19.5 Å². The van der Waals surface area contributed by atoms with E-state index in [4.69, 9.17) is 9.47 Å². The smallest absolute Gasteiger partial charge is 0.326 e. The average Bonchev–Trinajstić information content (AvgIpc) is 3.17. The van der Waals surface area contributed by atoms with Gasteiger partial charge in [0.1, 0.15) is 17.5 Å². The molecule has 196 valence electrons. The van der Waals surface area contributed by atoms with Crippen molar-refractivity contribution in [2.24, 2.45) is 0 Å². The number of carbonyl (C=O) groups is 4. The Labute approximate surface area is 215 Å². The minimum Gasteiger partial charge on any atom is -0.497 e. The lowest BCUT2D eigenvalue weighted by molar-refractivity contribution is -0.142. The van der Waals surface area contributed by atoms with Crippen molar-refractivity contribution in [1.82, 2.24) is 14.7 Å². The molecule has 0 aliphatic carbocycles. The predicted octanol–water partition coefficient (Wildman–Crippen LogP) is 2.44. The number of benzene rings is 2. The van der Waals surface area contributed by atoms with E-state index in [1.165, 1.54) is 12.1 Å². The fourth-order valence-electron chi connectivity index (χ4n) is 4.99. The van der Waals surface area contributed by atoms with Gasteiger partial charge in [0.25, 0.3) is 11.8 Å². The Morgan fingerprint density at radius 3 is 2.11 bits per heavy atom. The molecule has 2 atom stereocenters. The van der Waals surface area contributed by atoms with Gasteiger partial charge in [-0.2, -0.15) is 0 Å². The molecule has 2 aromatic carbocycles. The standard InChI is InChI=1S/C27H31N3O7/c1-17(19-9-8-18(36-2)16-23(19)37-3)28-12-14-29(15-13-28)24(31)11-10-22(27(34)35)30-25(32)20-6-4-5-7-21(20)26(30)33/h4-9,16-17,22H,10-15H2,1-3H3,(H,34,35)/t17?,22-/m0/s1. The lowest BCUT2D eigenvalue weighted by Crippen LogP contribution is -2.50. The third kappa shape index (κ3) is 5.15. The summed E-state index contributed by atoms with van der Waals surface area (Å²) in [6.07, 6.45) is -0.217. The average molecular weight is 510 g/mol. The maximum atomic E-state index is 12.9. The van der Waals surface area contributed by atoms with Gasteiger partial charge in [0.2, 0.25) is 5.91 Å². The van der Waals surface area contributed by atoms with E-state index in [9.17, 15) is 24.3 Å². The van der Waals surface area contributed by atoms with Crippen LogP contribution in [-0.2, 0) is 9.59 Å². The van der Waals surface area contributed by atoms with E-state index in [1.54, 1.807) is 31.3 Å². The van der Waals surface area contributed by atoms with Crippen molar-refractivity contribution in [1.29, 1.82) is 0 Å². The molecule has 1 saturated heterocycles. The van der Waals surface area contributed by atoms with Crippen molar-refractivity contribution < 1.29 is 33.8 Å². The van der Waals surface area contributed by atoms with Gasteiger partial charge in [-0.25, -0.2) is 4.79 Å². The van der Waals surface area contributed by atoms with Crippen molar-refractivity contribution in [3.8, 4) is 11.5 Å². The fourth-order valence-corrected chi connectivity index (χ4v) is 4.99. The van der Waals surface area contributed by atoms with Crippen LogP contribution in [0.15, 0.2) is 42.5 Å². The number of hydrogen-bond donors (Lipinski definition) is 1. The second kappa shape index (κ2) is 11.0. The second-order valence-electron chi connectivity index (χ2n) is 9.12. The quantitative estimate of drug-likeness (QED) is 0.513. The molecule has 37 heavy (non-hydrogen) atoms. The van der Waals surface area contributed by atoms with E-state index in [1.807, 2.05) is 18.2 Å². The third-order valence-electron chi connectivity index (χ3n) is 7.16. The fraction of sp³-hybridized carbons (Fsp3) is 0.407. The lowest BCUT2D eigenvalue weighted by Gasteiger charge is -2.38. The van der Waals surface area contributed by atoms with Crippen LogP contribution in [0.4, 0.5) is 0 Å². The van der Waals surface area contributed by atoms with Gasteiger partial charge in [-0.3, -0.25) is 24.2 Å². The van der Waals surface area contributed by atoms with Gasteiger partial charge in [0, 0.05) is 50.3 Å². The molecule has 0 bridgehead atoms. The molecular weight excluding hydrogens is 478 g/mol. The summed E-state index contributed by atoms with van der Waals surface area (Å²) in [5.74, 6) is -1.34. The number of fused-ring (bicyclic) bond motifs is 1. The maximum Gasteiger partial charge on any atom is 0.326 e. The summed E-state index contributed by atoms with van der Waals surface area (Å²) in [6, 6.07) is 10.6. The highest BCUT2D eigenvalue weighted by Crippen LogP contribution is 2.33. The zero-order chi connectivity index (χ0) is 26.7. The van der Waals surface area contributed by atoms with Gasteiger partial charge in [0.05, 0.1) is 25.3 Å². The number of amides is 3. The van der Waals surface area contributed by atoms with Crippen molar-refractivity contribution in [2.45, 2.75) is 31.8 Å². The first-order valence-electron chi connectivity index (χ1n) is 12.2. The van der Waals surface area contributed by atoms with Gasteiger partial charge in [-0.15, -0.1) is 0 Å². The van der Waals surface area contributed by atoms with Crippen molar-refractivity contribution >= 4 is 23.7 Å². The highest BCUT2D eigenvalue weighted by atomic mass is 16.5. The molecule has 0 spiro atoms. The Kier molecular flexibility index (Phi) is 7.77. The van der Waals surface area contributed by atoms with Crippen molar-refractivity contribution in [3.63, 3.8) is 0 Å². The first-order chi connectivity index (χ1) is 17.8. The van der Waals surface area contributed by atoms with E-state index in [-0.39, 0.29) is 35.9 Å². The van der Waals surface area contributed by atoms with Crippen LogP contribution in [0.2, 0.25) is 0 Å². The number of ether oxygens (including phenoxy) is 2. The van der Waals surface area contributed by atoms with E-state index in [0.29, 0.717) is 31.9 Å². The molecule has 10 nitrogen and oxygen atoms in total. The molecule has 10 heteroatoms. The first-order valence-corrected chi connectivity index (χ1v) is 12.2. The molecular formula is C27H31N3O7. The van der Waals surface area contributed by atoms with E-state index < -0.39 is 23.8 Å². The normalized spacial score (nSPS) is 17.4. The Balaban J connectivity index is 1.34. The third-order valence-corrected chi connectivity index (χ3v) is 7.16. The molecule has 2 heterocycles. The van der Waals surface area contributed by atoms with Gasteiger partial charge in [0.15, 0.2) is 0 Å². The van der Waals surface area contributed by atoms with Crippen molar-refractivity contribution in [3.05, 3.63) is 59.2 Å². The molecule has 1 N–H and O–H groups in total. The summed E-state index contributed by atoms with van der Waals surface area (Å²) in [5, 5.41) is 9.76. The first kappa shape index (κ1) is 26.2. The number of piperazine rings is 1. The van der Waals surface area contributed by atoms with Crippen LogP contribution in [0, 0.1) is 0 Å². The molecule has 2 aliphatic rings. The minimum absolute atomic E-state index is 0.0586. The summed E-state index contributed by atoms with van der Waals surface area (Å²) in [7, 11) is 3.22. The number of carbonyl (C=O) groups excluding carboxylic acids is 3. The summed E-state index contributed by atoms with van der Waals surface area (Å²) in [4.78, 5) is 55.1. The van der Waals surface area contributed by atoms with Crippen LogP contribution in [0.25, 0.3) is 0 Å². The zero-order valence-corrected chi connectivity index (χ0v) is 21.2. The van der Waals surface area contributed by atoms with Crippen LogP contribution >= 0.6 is 0 Å². The summed E-state index contributed by atoms with van der Waals surface area (Å²) in [6.45, 7) is 4.35. The molecule has 2 aromatic rings. The number of carboxylic acids is 1. The molecule has 0 radical (unpaired) electrons. The van der Waals surface area contributed by atoms with Gasteiger partial charge in [-0.1, -0.05) is 18.2 Å². The van der Waals surface area contributed by atoms with Gasteiger partial charge in [-0.05, 0) is 31.5 Å². The molecule has 3 amide bonds. The number of aliphatic carboxylic acids is 1. The highest BCUT2D eigenvalue weighted by Gasteiger charge is 2.43. The molecule has 1 fully saturated rings. The van der Waals surface area contributed by atoms with Crippen LogP contribution in [0.5, 0.6) is 11.5 Å². The summed E-state index contributed by atoms with van der Waals surface area (Å²) >= 11 is 0. The topological polar surface area (TPSA) is 117 Å². The number of hydrogen-bond acceptors (Lipinski definition) is 7. The van der Waals surface area contributed by atoms with Crippen LogP contribution in [-0.4, -0.2) is 89.9 Å². The number of carboxylic acid groups (broad SMARTS) is 1. The Morgan fingerprint density at radius 1 is 0.946 bits per heavy atom. The molecule has 4 rings (SSSR count). The zero-order valence-electron chi connectivity index (χ0n) is 21.2. The summed E-state index contributed by atoms with van der Waals surface area (Å²) < 4.78 is 10.8. The Hall–Kier alpha value is -3.92. The van der Waals surface area contributed by atoms with Gasteiger partial charge >= 0.3 is 5.97 Å². The Bertz CT molecular complexity index is 1170. The SMILES string of the molecule is COc1ccc(C(C)N2CCN(C(=O)CC[C@@H](C(=O)O)N3C(=O)c4ccccc4C3=O)CC2)c(OC)c1. The number of imide groups is 1. The number of methoxy groups -OCH3 is 2. The second-order valence-corrected chi connectivity index (χ2v) is 9.12. The molecule has 1 unspecified atom stereocenters. The van der Waals surface area contributed by atoms with Crippen LogP contribution in [0.3, 0.4) is 0 Å². The monoisotopic (exact) mass is 509 g/mol. The Morgan fingerprint density at radius 2 is 1.57 bits per heavy atom. The van der Waals surface area contributed by atoms with Crippen LogP contribution in [0.1, 0.15) is 52.1 Å². The number of nitrogens with zero attached hydrogens (tertiary/aromatic N) is 3. The summed E-state index contributed by atoms with van der Waals surface area (Å²) in [5.41, 5.74) is 1.39. The highest BCUT2D eigenvalue weighted by molar-refractivity contribution is 6.22. The minimum atomic E-state index is -1.40. The lowest BCUT2D eigenvalue weighted by atomic mass is 10.0. The maximum absolute atomic E-state index is 12.9. The van der Waals surface area contributed by atoms with E-state index in [2.05, 4.69) is 11.8 Å². The van der Waals surface area contributed by atoms with Crippen molar-refractivity contribution in [2.75, 3.05) is 40.4 Å². The van der Waals surface area contributed by atoms with E-state index >= 15 is 0 Å². The predicted molar refractivity (Wildman–Crippen MR) is 134 cm³/mol. The molecule has 2 aliphatic heterocycles. The number of rotatable bonds is 9. The molecule has 0 saturated carbocycles. The van der Waals surface area contributed by atoms with Crippen LogP contribution < -0.4 is 9.47 Å². The van der Waals surface area contributed by atoms with E-state index in [0.717, 1.165) is 16.2 Å². The largest absolute Gasteiger partial charge is 0.497 e. The molecule has 0 aromatic heterocycles.